The SMILES string of the molecule is CC(C)N(CC(N)=O)Cc1cc(O)cc(F)c1. The first-order chi connectivity index (χ1) is 7.88. The number of carbonyl (C=O) groups excluding carboxylic acids is 1. The summed E-state index contributed by atoms with van der Waals surface area (Å²) in [6.07, 6.45) is 0. The van der Waals surface area contributed by atoms with E-state index in [1.807, 2.05) is 13.8 Å². The van der Waals surface area contributed by atoms with Gasteiger partial charge in [-0.2, -0.15) is 0 Å². The molecule has 1 aromatic rings. The van der Waals surface area contributed by atoms with E-state index in [0.717, 1.165) is 6.07 Å². The summed E-state index contributed by atoms with van der Waals surface area (Å²) in [6.45, 7) is 4.31. The van der Waals surface area contributed by atoms with E-state index in [2.05, 4.69) is 0 Å². The second-order valence-electron chi connectivity index (χ2n) is 4.28. The minimum atomic E-state index is -0.497. The lowest BCUT2D eigenvalue weighted by Crippen LogP contribution is -2.37. The molecule has 0 heterocycles. The summed E-state index contributed by atoms with van der Waals surface area (Å²) in [5.41, 5.74) is 5.75. The topological polar surface area (TPSA) is 66.6 Å². The summed E-state index contributed by atoms with van der Waals surface area (Å²) in [4.78, 5) is 12.7. The first-order valence-corrected chi connectivity index (χ1v) is 5.39. The average molecular weight is 240 g/mol. The molecule has 0 atom stereocenters. The molecule has 0 saturated carbocycles. The highest BCUT2D eigenvalue weighted by atomic mass is 19.1. The zero-order valence-electron chi connectivity index (χ0n) is 9.98. The van der Waals surface area contributed by atoms with Crippen LogP contribution in [0.5, 0.6) is 5.75 Å². The van der Waals surface area contributed by atoms with Gasteiger partial charge in [0.25, 0.3) is 0 Å². The second-order valence-corrected chi connectivity index (χ2v) is 4.28. The Hall–Kier alpha value is -1.62. The Morgan fingerprint density at radius 2 is 2.12 bits per heavy atom. The van der Waals surface area contributed by atoms with Crippen molar-refractivity contribution in [3.05, 3.63) is 29.6 Å². The summed E-state index contributed by atoms with van der Waals surface area (Å²) in [5.74, 6) is -1.05. The number of rotatable bonds is 5. The van der Waals surface area contributed by atoms with Gasteiger partial charge < -0.3 is 10.8 Å². The minimum Gasteiger partial charge on any atom is -0.508 e. The van der Waals surface area contributed by atoms with Crippen molar-refractivity contribution in [3.63, 3.8) is 0 Å². The minimum absolute atomic E-state index is 0.105. The van der Waals surface area contributed by atoms with E-state index in [-0.39, 0.29) is 18.3 Å². The van der Waals surface area contributed by atoms with Crippen LogP contribution in [-0.2, 0) is 11.3 Å². The Morgan fingerprint density at radius 1 is 1.47 bits per heavy atom. The average Bonchev–Trinajstić information content (AvgIpc) is 2.13. The van der Waals surface area contributed by atoms with Crippen LogP contribution in [0.1, 0.15) is 19.4 Å². The van der Waals surface area contributed by atoms with Crippen LogP contribution < -0.4 is 5.73 Å². The monoisotopic (exact) mass is 240 g/mol. The third-order valence-corrected chi connectivity index (χ3v) is 2.42. The summed E-state index contributed by atoms with van der Waals surface area (Å²) < 4.78 is 13.1. The molecule has 0 aliphatic rings. The molecule has 0 spiro atoms. The zero-order chi connectivity index (χ0) is 13.0. The molecule has 0 aromatic heterocycles. The summed E-state index contributed by atoms with van der Waals surface area (Å²) in [5, 5.41) is 9.28. The maximum atomic E-state index is 13.1. The van der Waals surface area contributed by atoms with Gasteiger partial charge in [0.15, 0.2) is 0 Å². The molecule has 0 fully saturated rings. The smallest absolute Gasteiger partial charge is 0.231 e. The van der Waals surface area contributed by atoms with Crippen LogP contribution >= 0.6 is 0 Å². The van der Waals surface area contributed by atoms with E-state index in [1.165, 1.54) is 12.1 Å². The number of carbonyl (C=O) groups is 1. The highest BCUT2D eigenvalue weighted by Crippen LogP contribution is 2.17. The highest BCUT2D eigenvalue weighted by molar-refractivity contribution is 5.75. The molecule has 4 nitrogen and oxygen atoms in total. The standard InChI is InChI=1S/C12H17FN2O2/c1-8(2)15(7-12(14)17)6-9-3-10(13)5-11(16)4-9/h3-5,8,16H,6-7H2,1-2H3,(H2,14,17). The Kier molecular flexibility index (Phi) is 4.45. The van der Waals surface area contributed by atoms with E-state index in [9.17, 15) is 14.3 Å². The lowest BCUT2D eigenvalue weighted by molar-refractivity contribution is -0.119. The van der Waals surface area contributed by atoms with Crippen molar-refractivity contribution in [3.8, 4) is 5.75 Å². The largest absolute Gasteiger partial charge is 0.508 e. The molecule has 17 heavy (non-hydrogen) atoms. The number of amides is 1. The molecule has 1 aromatic carbocycles. The Labute approximate surface area is 99.8 Å². The third kappa shape index (κ3) is 4.40. The summed E-state index contributed by atoms with van der Waals surface area (Å²) >= 11 is 0. The van der Waals surface area contributed by atoms with Gasteiger partial charge in [0.2, 0.25) is 5.91 Å². The van der Waals surface area contributed by atoms with Gasteiger partial charge in [-0.3, -0.25) is 9.69 Å². The molecule has 0 radical (unpaired) electrons. The number of hydrogen-bond acceptors (Lipinski definition) is 3. The molecule has 3 N–H and O–H groups in total. The van der Waals surface area contributed by atoms with E-state index in [4.69, 9.17) is 5.73 Å². The maximum absolute atomic E-state index is 13.1. The van der Waals surface area contributed by atoms with E-state index < -0.39 is 11.7 Å². The Morgan fingerprint density at radius 3 is 2.59 bits per heavy atom. The van der Waals surface area contributed by atoms with Gasteiger partial charge in [-0.25, -0.2) is 4.39 Å². The van der Waals surface area contributed by atoms with Crippen molar-refractivity contribution in [2.75, 3.05) is 6.54 Å². The van der Waals surface area contributed by atoms with Crippen molar-refractivity contribution < 1.29 is 14.3 Å². The molecular weight excluding hydrogens is 223 g/mol. The molecule has 5 heteroatoms. The van der Waals surface area contributed by atoms with Crippen LogP contribution in [0.15, 0.2) is 18.2 Å². The summed E-state index contributed by atoms with van der Waals surface area (Å²) in [6, 6.07) is 3.94. The van der Waals surface area contributed by atoms with Gasteiger partial charge in [0, 0.05) is 18.7 Å². The van der Waals surface area contributed by atoms with Crippen LogP contribution in [0.2, 0.25) is 0 Å². The predicted molar refractivity (Wildman–Crippen MR) is 62.8 cm³/mol. The summed E-state index contributed by atoms with van der Waals surface area (Å²) in [7, 11) is 0. The van der Waals surface area contributed by atoms with Crippen LogP contribution in [0.3, 0.4) is 0 Å². The van der Waals surface area contributed by atoms with Crippen molar-refractivity contribution in [1.29, 1.82) is 0 Å². The third-order valence-electron chi connectivity index (χ3n) is 2.42. The van der Waals surface area contributed by atoms with Gasteiger partial charge in [-0.15, -0.1) is 0 Å². The molecular formula is C12H17FN2O2. The fourth-order valence-electron chi connectivity index (χ4n) is 1.58. The molecule has 0 bridgehead atoms. The number of phenols is 1. The lowest BCUT2D eigenvalue weighted by Gasteiger charge is -2.25. The number of primary amides is 1. The number of benzene rings is 1. The van der Waals surface area contributed by atoms with E-state index in [1.54, 1.807) is 4.90 Å². The number of aromatic hydroxyl groups is 1. The molecule has 0 saturated heterocycles. The van der Waals surface area contributed by atoms with Crippen molar-refractivity contribution in [2.45, 2.75) is 26.4 Å². The van der Waals surface area contributed by atoms with E-state index in [0.29, 0.717) is 12.1 Å². The fraction of sp³-hybridized carbons (Fsp3) is 0.417. The highest BCUT2D eigenvalue weighted by Gasteiger charge is 2.13. The van der Waals surface area contributed by atoms with Gasteiger partial charge in [0.05, 0.1) is 6.54 Å². The number of hydrogen-bond donors (Lipinski definition) is 2. The molecule has 0 aliphatic heterocycles. The first-order valence-electron chi connectivity index (χ1n) is 5.39. The Balaban J connectivity index is 2.81. The van der Waals surface area contributed by atoms with Crippen LogP contribution in [0.25, 0.3) is 0 Å². The predicted octanol–water partition coefficient (Wildman–Crippen LogP) is 1.23. The van der Waals surface area contributed by atoms with Gasteiger partial charge in [-0.1, -0.05) is 0 Å². The van der Waals surface area contributed by atoms with Crippen molar-refractivity contribution in [2.24, 2.45) is 5.73 Å². The normalized spacial score (nSPS) is 11.1. The van der Waals surface area contributed by atoms with Crippen LogP contribution in [-0.4, -0.2) is 28.5 Å². The quantitative estimate of drug-likeness (QED) is 0.813. The molecule has 0 unspecified atom stereocenters. The number of nitrogens with zero attached hydrogens (tertiary/aromatic N) is 1. The zero-order valence-corrected chi connectivity index (χ0v) is 9.98. The maximum Gasteiger partial charge on any atom is 0.231 e. The number of nitrogens with two attached hydrogens (primary N) is 1. The molecule has 1 amide bonds. The van der Waals surface area contributed by atoms with Crippen molar-refractivity contribution >= 4 is 5.91 Å². The lowest BCUT2D eigenvalue weighted by atomic mass is 10.1. The van der Waals surface area contributed by atoms with Gasteiger partial charge >= 0.3 is 0 Å². The van der Waals surface area contributed by atoms with Crippen molar-refractivity contribution in [1.82, 2.24) is 4.90 Å². The fourth-order valence-corrected chi connectivity index (χ4v) is 1.58. The van der Waals surface area contributed by atoms with Gasteiger partial charge in [0.1, 0.15) is 11.6 Å². The number of phenolic OH excluding ortho intramolecular Hbond substituents is 1. The Bertz CT molecular complexity index is 387. The second kappa shape index (κ2) is 5.63. The molecule has 94 valence electrons. The van der Waals surface area contributed by atoms with Crippen LogP contribution in [0, 0.1) is 5.82 Å². The van der Waals surface area contributed by atoms with Crippen LogP contribution in [0.4, 0.5) is 4.39 Å². The molecule has 1 rings (SSSR count). The molecule has 0 aliphatic carbocycles. The van der Waals surface area contributed by atoms with Gasteiger partial charge in [-0.05, 0) is 31.5 Å². The first kappa shape index (κ1) is 13.4. The number of halogens is 1. The van der Waals surface area contributed by atoms with E-state index >= 15 is 0 Å².